The van der Waals surface area contributed by atoms with E-state index in [0.717, 1.165) is 16.5 Å². The first-order valence-electron chi connectivity index (χ1n) is 6.06. The van der Waals surface area contributed by atoms with Gasteiger partial charge in [0.05, 0.1) is 5.54 Å². The second-order valence-corrected chi connectivity index (χ2v) is 4.82. The van der Waals surface area contributed by atoms with Gasteiger partial charge >= 0.3 is 6.09 Å². The van der Waals surface area contributed by atoms with E-state index in [-0.39, 0.29) is 0 Å². The van der Waals surface area contributed by atoms with Crippen LogP contribution in [0.25, 0.3) is 10.9 Å². The normalized spacial score (nSPS) is 13.9. The predicted octanol–water partition coefficient (Wildman–Crippen LogP) is 2.33. The number of carboxylic acid groups (broad SMARTS) is 1. The van der Waals surface area contributed by atoms with Crippen molar-refractivity contribution in [3.8, 4) is 0 Å². The van der Waals surface area contributed by atoms with Crippen LogP contribution in [0.4, 0.5) is 4.79 Å². The molecule has 0 aliphatic heterocycles. The summed E-state index contributed by atoms with van der Waals surface area (Å²) in [5.74, 6) is 0. The van der Waals surface area contributed by atoms with E-state index in [9.17, 15) is 9.59 Å². The SMILES string of the molecule is CC(C=O)(CCc1c[nH]c2ccccc12)NC(=O)O. The highest BCUT2D eigenvalue weighted by molar-refractivity contribution is 5.83. The molecule has 0 spiro atoms. The second-order valence-electron chi connectivity index (χ2n) is 4.82. The van der Waals surface area contributed by atoms with Gasteiger partial charge in [0.25, 0.3) is 0 Å². The number of hydrogen-bond acceptors (Lipinski definition) is 2. The molecule has 0 bridgehead atoms. The Labute approximate surface area is 110 Å². The Hall–Kier alpha value is -2.30. The van der Waals surface area contributed by atoms with Crippen LogP contribution >= 0.6 is 0 Å². The lowest BCUT2D eigenvalue weighted by molar-refractivity contribution is -0.112. The number of rotatable bonds is 5. The monoisotopic (exact) mass is 260 g/mol. The summed E-state index contributed by atoms with van der Waals surface area (Å²) in [6.07, 6.45) is 2.41. The zero-order chi connectivity index (χ0) is 13.9. The predicted molar refractivity (Wildman–Crippen MR) is 72.2 cm³/mol. The molecule has 0 saturated heterocycles. The van der Waals surface area contributed by atoms with Gasteiger partial charge in [-0.1, -0.05) is 18.2 Å². The maximum Gasteiger partial charge on any atom is 0.405 e. The number of para-hydroxylation sites is 1. The van der Waals surface area contributed by atoms with Crippen molar-refractivity contribution in [1.29, 1.82) is 0 Å². The van der Waals surface area contributed by atoms with Crippen molar-refractivity contribution < 1.29 is 14.7 Å². The van der Waals surface area contributed by atoms with Gasteiger partial charge in [-0.25, -0.2) is 4.79 Å². The molecule has 1 heterocycles. The van der Waals surface area contributed by atoms with Crippen molar-refractivity contribution >= 4 is 23.3 Å². The zero-order valence-corrected chi connectivity index (χ0v) is 10.6. The van der Waals surface area contributed by atoms with Gasteiger partial charge in [0.1, 0.15) is 6.29 Å². The fourth-order valence-electron chi connectivity index (χ4n) is 2.13. The third kappa shape index (κ3) is 2.93. The molecule has 1 unspecified atom stereocenters. The number of benzene rings is 1. The van der Waals surface area contributed by atoms with Gasteiger partial charge in [0.15, 0.2) is 0 Å². The molecular weight excluding hydrogens is 244 g/mol. The number of carbonyl (C=O) groups is 2. The van der Waals surface area contributed by atoms with E-state index in [0.29, 0.717) is 19.1 Å². The second kappa shape index (κ2) is 5.14. The third-order valence-corrected chi connectivity index (χ3v) is 3.24. The topological polar surface area (TPSA) is 82.2 Å². The Morgan fingerprint density at radius 3 is 2.89 bits per heavy atom. The molecule has 0 fully saturated rings. The molecule has 0 aliphatic rings. The number of aromatic nitrogens is 1. The van der Waals surface area contributed by atoms with E-state index < -0.39 is 11.6 Å². The van der Waals surface area contributed by atoms with Crippen LogP contribution in [-0.4, -0.2) is 28.0 Å². The highest BCUT2D eigenvalue weighted by atomic mass is 16.4. The van der Waals surface area contributed by atoms with Crippen LogP contribution in [0.1, 0.15) is 18.9 Å². The minimum Gasteiger partial charge on any atom is -0.465 e. The molecule has 1 aromatic carbocycles. The molecule has 0 saturated carbocycles. The van der Waals surface area contributed by atoms with Crippen LogP contribution in [0.3, 0.4) is 0 Å². The minimum atomic E-state index is -1.19. The standard InChI is InChI=1S/C14H16N2O3/c1-14(9-17,16-13(18)19)7-6-10-8-15-12-5-3-2-4-11(10)12/h2-5,8-9,15-16H,6-7H2,1H3,(H,18,19). The molecule has 1 atom stereocenters. The summed E-state index contributed by atoms with van der Waals surface area (Å²) in [4.78, 5) is 24.9. The zero-order valence-electron chi connectivity index (χ0n) is 10.6. The van der Waals surface area contributed by atoms with Gasteiger partial charge in [-0.2, -0.15) is 0 Å². The van der Waals surface area contributed by atoms with Crippen molar-refractivity contribution in [1.82, 2.24) is 10.3 Å². The lowest BCUT2D eigenvalue weighted by Gasteiger charge is -2.22. The molecule has 19 heavy (non-hydrogen) atoms. The Morgan fingerprint density at radius 2 is 2.21 bits per heavy atom. The average Bonchev–Trinajstić information content (AvgIpc) is 2.79. The van der Waals surface area contributed by atoms with Crippen LogP contribution in [-0.2, 0) is 11.2 Å². The number of fused-ring (bicyclic) bond motifs is 1. The quantitative estimate of drug-likeness (QED) is 0.721. The largest absolute Gasteiger partial charge is 0.465 e. The molecule has 0 aliphatic carbocycles. The first-order chi connectivity index (χ1) is 9.04. The molecule has 2 rings (SSSR count). The van der Waals surface area contributed by atoms with Crippen LogP contribution in [0, 0.1) is 0 Å². The van der Waals surface area contributed by atoms with Crippen LogP contribution < -0.4 is 5.32 Å². The van der Waals surface area contributed by atoms with Crippen molar-refractivity contribution in [3.63, 3.8) is 0 Å². The molecule has 1 amide bonds. The van der Waals surface area contributed by atoms with Gasteiger partial charge in [-0.3, -0.25) is 0 Å². The highest BCUT2D eigenvalue weighted by Gasteiger charge is 2.25. The smallest absolute Gasteiger partial charge is 0.405 e. The summed E-state index contributed by atoms with van der Waals surface area (Å²) in [6.45, 7) is 1.59. The Kier molecular flexibility index (Phi) is 3.55. The summed E-state index contributed by atoms with van der Waals surface area (Å²) in [6, 6.07) is 7.88. The van der Waals surface area contributed by atoms with Gasteiger partial charge in [-0.05, 0) is 31.4 Å². The number of aldehydes is 1. The van der Waals surface area contributed by atoms with Crippen molar-refractivity contribution in [2.24, 2.45) is 0 Å². The van der Waals surface area contributed by atoms with Crippen molar-refractivity contribution in [2.45, 2.75) is 25.3 Å². The Morgan fingerprint density at radius 1 is 1.47 bits per heavy atom. The van der Waals surface area contributed by atoms with E-state index >= 15 is 0 Å². The number of hydrogen-bond donors (Lipinski definition) is 3. The van der Waals surface area contributed by atoms with E-state index in [2.05, 4.69) is 10.3 Å². The van der Waals surface area contributed by atoms with E-state index in [4.69, 9.17) is 5.11 Å². The third-order valence-electron chi connectivity index (χ3n) is 3.24. The molecule has 0 radical (unpaired) electrons. The van der Waals surface area contributed by atoms with Gasteiger partial charge in [-0.15, -0.1) is 0 Å². The lowest BCUT2D eigenvalue weighted by Crippen LogP contribution is -2.47. The number of aromatic amines is 1. The molecule has 100 valence electrons. The summed E-state index contributed by atoms with van der Waals surface area (Å²) in [7, 11) is 0. The maximum absolute atomic E-state index is 11.1. The van der Waals surface area contributed by atoms with Crippen LogP contribution in [0.5, 0.6) is 0 Å². The number of H-pyrrole nitrogens is 1. The van der Waals surface area contributed by atoms with E-state index in [1.807, 2.05) is 30.5 Å². The summed E-state index contributed by atoms with van der Waals surface area (Å²) in [5.41, 5.74) is 1.07. The minimum absolute atomic E-state index is 0.421. The first-order valence-corrected chi connectivity index (χ1v) is 6.06. The van der Waals surface area contributed by atoms with Crippen molar-refractivity contribution in [2.75, 3.05) is 0 Å². The van der Waals surface area contributed by atoms with Gasteiger partial charge in [0.2, 0.25) is 0 Å². The fraction of sp³-hybridized carbons (Fsp3) is 0.286. The van der Waals surface area contributed by atoms with Crippen molar-refractivity contribution in [3.05, 3.63) is 36.0 Å². The molecule has 1 aromatic heterocycles. The molecular formula is C14H16N2O3. The molecule has 2 aromatic rings. The van der Waals surface area contributed by atoms with Gasteiger partial charge in [0, 0.05) is 17.1 Å². The van der Waals surface area contributed by atoms with Crippen LogP contribution in [0.2, 0.25) is 0 Å². The molecule has 3 N–H and O–H groups in total. The summed E-state index contributed by atoms with van der Waals surface area (Å²) < 4.78 is 0. The lowest BCUT2D eigenvalue weighted by atomic mass is 9.95. The molecule has 5 heteroatoms. The highest BCUT2D eigenvalue weighted by Crippen LogP contribution is 2.21. The number of amides is 1. The maximum atomic E-state index is 11.1. The average molecular weight is 260 g/mol. The summed E-state index contributed by atoms with van der Waals surface area (Å²) >= 11 is 0. The summed E-state index contributed by atoms with van der Waals surface area (Å²) in [5, 5.41) is 12.1. The van der Waals surface area contributed by atoms with E-state index in [1.54, 1.807) is 6.92 Å². The fourth-order valence-corrected chi connectivity index (χ4v) is 2.13. The molecule has 5 nitrogen and oxygen atoms in total. The number of nitrogens with one attached hydrogen (secondary N) is 2. The van der Waals surface area contributed by atoms with Gasteiger partial charge < -0.3 is 20.2 Å². The van der Waals surface area contributed by atoms with E-state index in [1.165, 1.54) is 0 Å². The Bertz CT molecular complexity index is 606. The first kappa shape index (κ1) is 13.1. The van der Waals surface area contributed by atoms with Crippen LogP contribution in [0.15, 0.2) is 30.5 Å². The number of aryl methyl sites for hydroxylation is 1. The number of carbonyl (C=O) groups excluding carboxylic acids is 1. The Balaban J connectivity index is 2.13.